The highest BCUT2D eigenvalue weighted by atomic mass is 79.9. The summed E-state index contributed by atoms with van der Waals surface area (Å²) in [6, 6.07) is 3.21. The number of carboxylic acid groups (broad SMARTS) is 1. The molecule has 1 heterocycles. The predicted molar refractivity (Wildman–Crippen MR) is 78.3 cm³/mol. The Balaban J connectivity index is 2.17. The van der Waals surface area contributed by atoms with Gasteiger partial charge in [0.1, 0.15) is 0 Å². The fourth-order valence-electron chi connectivity index (χ4n) is 2.18. The van der Waals surface area contributed by atoms with E-state index >= 15 is 0 Å². The van der Waals surface area contributed by atoms with Gasteiger partial charge in [-0.3, -0.25) is 4.90 Å². The van der Waals surface area contributed by atoms with E-state index in [4.69, 9.17) is 10.8 Å². The molecule has 1 saturated heterocycles. The second-order valence-electron chi connectivity index (χ2n) is 4.92. The Hall–Kier alpha value is -1.11. The van der Waals surface area contributed by atoms with Gasteiger partial charge < -0.3 is 15.7 Å². The number of nitrogens with zero attached hydrogens (tertiary/aromatic N) is 2. The summed E-state index contributed by atoms with van der Waals surface area (Å²) in [7, 11) is 2.10. The van der Waals surface area contributed by atoms with Gasteiger partial charge >= 0.3 is 5.97 Å². The Kier molecular flexibility index (Phi) is 4.44. The fourth-order valence-corrected chi connectivity index (χ4v) is 2.68. The molecule has 6 heteroatoms. The van der Waals surface area contributed by atoms with Crippen molar-refractivity contribution in [3.63, 3.8) is 0 Å². The lowest BCUT2D eigenvalue weighted by Crippen LogP contribution is -2.44. The predicted octanol–water partition coefficient (Wildman–Crippen LogP) is 1.48. The lowest BCUT2D eigenvalue weighted by molar-refractivity contribution is 0.0696. The molecule has 1 fully saturated rings. The van der Waals surface area contributed by atoms with Crippen LogP contribution >= 0.6 is 15.9 Å². The molecule has 0 amide bonds. The molecule has 1 aliphatic rings. The summed E-state index contributed by atoms with van der Waals surface area (Å²) in [6.45, 7) is 4.70. The highest BCUT2D eigenvalue weighted by Crippen LogP contribution is 2.27. The molecule has 0 unspecified atom stereocenters. The van der Waals surface area contributed by atoms with Crippen molar-refractivity contribution in [2.75, 3.05) is 39.0 Å². The summed E-state index contributed by atoms with van der Waals surface area (Å²) >= 11 is 3.32. The van der Waals surface area contributed by atoms with Crippen molar-refractivity contribution in [2.45, 2.75) is 6.54 Å². The first-order valence-electron chi connectivity index (χ1n) is 6.19. The monoisotopic (exact) mass is 327 g/mol. The first-order chi connectivity index (χ1) is 8.97. The van der Waals surface area contributed by atoms with E-state index < -0.39 is 5.97 Å². The number of rotatable bonds is 3. The number of piperazine rings is 1. The van der Waals surface area contributed by atoms with Crippen molar-refractivity contribution < 1.29 is 9.90 Å². The van der Waals surface area contributed by atoms with E-state index in [0.29, 0.717) is 16.7 Å². The number of benzene rings is 1. The number of likely N-dealkylation sites (N-methyl/N-ethyl adjacent to an activating group) is 1. The topological polar surface area (TPSA) is 69.8 Å². The summed E-state index contributed by atoms with van der Waals surface area (Å²) in [4.78, 5) is 15.6. The number of carbonyl (C=O) groups is 1. The second kappa shape index (κ2) is 5.90. The molecule has 5 nitrogen and oxygen atoms in total. The van der Waals surface area contributed by atoms with Crippen LogP contribution in [0.25, 0.3) is 0 Å². The van der Waals surface area contributed by atoms with Crippen LogP contribution in [0, 0.1) is 0 Å². The molecule has 3 N–H and O–H groups in total. The zero-order valence-corrected chi connectivity index (χ0v) is 12.5. The molecule has 1 aliphatic heterocycles. The van der Waals surface area contributed by atoms with Gasteiger partial charge in [-0.15, -0.1) is 0 Å². The fraction of sp³-hybridized carbons (Fsp3) is 0.462. The SMILES string of the molecule is CN1CCN(Cc2cc(C(=O)O)cc(Br)c2N)CC1. The minimum absolute atomic E-state index is 0.269. The number of nitrogens with two attached hydrogens (primary N) is 1. The van der Waals surface area contributed by atoms with Gasteiger partial charge in [0.2, 0.25) is 0 Å². The minimum atomic E-state index is -0.930. The van der Waals surface area contributed by atoms with Crippen molar-refractivity contribution in [2.24, 2.45) is 0 Å². The number of hydrogen-bond donors (Lipinski definition) is 2. The Labute approximate surface area is 121 Å². The van der Waals surface area contributed by atoms with Gasteiger partial charge in [0.15, 0.2) is 0 Å². The van der Waals surface area contributed by atoms with Crippen LogP contribution in [0.15, 0.2) is 16.6 Å². The van der Waals surface area contributed by atoms with Gasteiger partial charge in [-0.25, -0.2) is 4.79 Å². The van der Waals surface area contributed by atoms with Gasteiger partial charge in [0.25, 0.3) is 0 Å². The van der Waals surface area contributed by atoms with E-state index in [2.05, 4.69) is 32.8 Å². The Morgan fingerprint density at radius 1 is 1.37 bits per heavy atom. The minimum Gasteiger partial charge on any atom is -0.478 e. The van der Waals surface area contributed by atoms with Gasteiger partial charge in [-0.05, 0) is 40.7 Å². The second-order valence-corrected chi connectivity index (χ2v) is 5.77. The van der Waals surface area contributed by atoms with Gasteiger partial charge in [0.05, 0.1) is 11.3 Å². The lowest BCUT2D eigenvalue weighted by Gasteiger charge is -2.32. The Bertz CT molecular complexity index is 485. The molecule has 104 valence electrons. The highest BCUT2D eigenvalue weighted by Gasteiger charge is 2.17. The quantitative estimate of drug-likeness (QED) is 0.823. The molecule has 0 atom stereocenters. The zero-order valence-electron chi connectivity index (χ0n) is 10.9. The van der Waals surface area contributed by atoms with Gasteiger partial charge in [0, 0.05) is 37.2 Å². The summed E-state index contributed by atoms with van der Waals surface area (Å²) < 4.78 is 0.650. The van der Waals surface area contributed by atoms with Crippen LogP contribution < -0.4 is 5.73 Å². The van der Waals surface area contributed by atoms with Gasteiger partial charge in [-0.1, -0.05) is 0 Å². The van der Waals surface area contributed by atoms with Gasteiger partial charge in [-0.2, -0.15) is 0 Å². The van der Waals surface area contributed by atoms with Crippen LogP contribution in [0.3, 0.4) is 0 Å². The lowest BCUT2D eigenvalue weighted by atomic mass is 10.1. The summed E-state index contributed by atoms with van der Waals surface area (Å²) in [5.41, 5.74) is 7.79. The number of carboxylic acids is 1. The molecular weight excluding hydrogens is 310 g/mol. The number of aromatic carboxylic acids is 1. The van der Waals surface area contributed by atoms with Crippen LogP contribution in [0.4, 0.5) is 5.69 Å². The number of nitrogen functional groups attached to an aromatic ring is 1. The zero-order chi connectivity index (χ0) is 14.0. The first-order valence-corrected chi connectivity index (χ1v) is 6.98. The van der Waals surface area contributed by atoms with E-state index in [1.165, 1.54) is 0 Å². The Morgan fingerprint density at radius 2 is 2.00 bits per heavy atom. The molecular formula is C13H18BrN3O2. The van der Waals surface area contributed by atoms with Crippen LogP contribution in [-0.2, 0) is 6.54 Å². The van der Waals surface area contributed by atoms with E-state index in [1.807, 2.05) is 0 Å². The van der Waals surface area contributed by atoms with Crippen LogP contribution in [0.5, 0.6) is 0 Å². The average molecular weight is 328 g/mol. The van der Waals surface area contributed by atoms with E-state index in [0.717, 1.165) is 31.7 Å². The van der Waals surface area contributed by atoms with E-state index in [-0.39, 0.29) is 5.56 Å². The maximum Gasteiger partial charge on any atom is 0.335 e. The van der Waals surface area contributed by atoms with Crippen LogP contribution in [-0.4, -0.2) is 54.1 Å². The highest BCUT2D eigenvalue weighted by molar-refractivity contribution is 9.10. The molecule has 19 heavy (non-hydrogen) atoms. The summed E-state index contributed by atoms with van der Waals surface area (Å²) in [5, 5.41) is 9.08. The standard InChI is InChI=1S/C13H18BrN3O2/c1-16-2-4-17(5-3-16)8-10-6-9(13(18)19)7-11(14)12(10)15/h6-7H,2-5,8,15H2,1H3,(H,18,19). The number of anilines is 1. The average Bonchev–Trinajstić information content (AvgIpc) is 2.37. The number of hydrogen-bond acceptors (Lipinski definition) is 4. The smallest absolute Gasteiger partial charge is 0.335 e. The first kappa shape index (κ1) is 14.3. The van der Waals surface area contributed by atoms with Crippen molar-refractivity contribution in [1.29, 1.82) is 0 Å². The summed E-state index contributed by atoms with van der Waals surface area (Å²) in [5.74, 6) is -0.930. The maximum atomic E-state index is 11.1. The van der Waals surface area contributed by atoms with Crippen LogP contribution in [0.2, 0.25) is 0 Å². The normalized spacial score (nSPS) is 17.6. The maximum absolute atomic E-state index is 11.1. The van der Waals surface area contributed by atoms with E-state index in [1.54, 1.807) is 12.1 Å². The third-order valence-corrected chi connectivity index (χ3v) is 4.11. The molecule has 0 bridgehead atoms. The van der Waals surface area contributed by atoms with Crippen molar-refractivity contribution >= 4 is 27.6 Å². The molecule has 2 rings (SSSR count). The largest absolute Gasteiger partial charge is 0.478 e. The molecule has 0 saturated carbocycles. The summed E-state index contributed by atoms with van der Waals surface area (Å²) in [6.07, 6.45) is 0. The Morgan fingerprint density at radius 3 is 2.58 bits per heavy atom. The third-order valence-electron chi connectivity index (χ3n) is 3.45. The molecule has 1 aromatic rings. The molecule has 1 aromatic carbocycles. The van der Waals surface area contributed by atoms with Crippen LogP contribution in [0.1, 0.15) is 15.9 Å². The molecule has 0 aromatic heterocycles. The third kappa shape index (κ3) is 3.46. The molecule has 0 spiro atoms. The van der Waals surface area contributed by atoms with Crippen molar-refractivity contribution in [3.8, 4) is 0 Å². The number of halogens is 1. The van der Waals surface area contributed by atoms with Crippen molar-refractivity contribution in [1.82, 2.24) is 9.80 Å². The van der Waals surface area contributed by atoms with Crippen molar-refractivity contribution in [3.05, 3.63) is 27.7 Å². The van der Waals surface area contributed by atoms with E-state index in [9.17, 15) is 4.79 Å². The molecule has 0 radical (unpaired) electrons. The molecule has 0 aliphatic carbocycles.